The van der Waals surface area contributed by atoms with Crippen LogP contribution in [0.3, 0.4) is 0 Å². The summed E-state index contributed by atoms with van der Waals surface area (Å²) in [6, 6.07) is 5.46. The zero-order valence-electron chi connectivity index (χ0n) is 12.6. The number of sulfonamides is 1. The van der Waals surface area contributed by atoms with E-state index in [1.54, 1.807) is 13.8 Å². The molecule has 0 saturated heterocycles. The smallest absolute Gasteiger partial charge is 0.239 e. The molecule has 0 atom stereocenters. The Morgan fingerprint density at radius 1 is 1.25 bits per heavy atom. The van der Waals surface area contributed by atoms with E-state index in [0.29, 0.717) is 0 Å². The third kappa shape index (κ3) is 4.31. The fourth-order valence-electron chi connectivity index (χ4n) is 2.01. The molecule has 0 heterocycles. The molecule has 1 rings (SSSR count). The second-order valence-corrected chi connectivity index (χ2v) is 7.15. The van der Waals surface area contributed by atoms with E-state index in [1.807, 2.05) is 32.0 Å². The predicted molar refractivity (Wildman–Crippen MR) is 81.2 cm³/mol. The van der Waals surface area contributed by atoms with Crippen molar-refractivity contribution in [2.45, 2.75) is 33.7 Å². The van der Waals surface area contributed by atoms with Crippen LogP contribution in [-0.2, 0) is 14.8 Å². The predicted octanol–water partition coefficient (Wildman–Crippen LogP) is 1.91. The van der Waals surface area contributed by atoms with Gasteiger partial charge in [-0.1, -0.05) is 18.2 Å². The number of rotatable bonds is 5. The summed E-state index contributed by atoms with van der Waals surface area (Å²) in [6.45, 7) is 7.11. The van der Waals surface area contributed by atoms with Crippen LogP contribution in [0, 0.1) is 13.8 Å². The Bertz CT molecular complexity index is 574. The highest BCUT2D eigenvalue weighted by Crippen LogP contribution is 2.19. The molecule has 0 bridgehead atoms. The molecule has 0 saturated carbocycles. The fourth-order valence-corrected chi connectivity index (χ4v) is 3.13. The molecule has 0 fully saturated rings. The maximum absolute atomic E-state index is 12.1. The Hall–Kier alpha value is -1.40. The zero-order chi connectivity index (χ0) is 15.5. The molecule has 0 aliphatic carbocycles. The Morgan fingerprint density at radius 2 is 1.75 bits per heavy atom. The first kappa shape index (κ1) is 16.7. The molecule has 0 radical (unpaired) electrons. The molecule has 1 N–H and O–H groups in total. The van der Waals surface area contributed by atoms with Crippen molar-refractivity contribution in [3.05, 3.63) is 29.3 Å². The molecule has 1 aromatic carbocycles. The van der Waals surface area contributed by atoms with Crippen LogP contribution in [0.4, 0.5) is 5.69 Å². The highest BCUT2D eigenvalue weighted by atomic mass is 32.2. The van der Waals surface area contributed by atoms with E-state index in [2.05, 4.69) is 5.32 Å². The maximum atomic E-state index is 12.1. The van der Waals surface area contributed by atoms with Crippen LogP contribution >= 0.6 is 0 Å². The van der Waals surface area contributed by atoms with Crippen LogP contribution in [0.25, 0.3) is 0 Å². The van der Waals surface area contributed by atoms with Gasteiger partial charge in [-0.2, -0.15) is 4.31 Å². The average molecular weight is 298 g/mol. The Morgan fingerprint density at radius 3 is 2.15 bits per heavy atom. The van der Waals surface area contributed by atoms with Gasteiger partial charge in [-0.3, -0.25) is 4.79 Å². The monoisotopic (exact) mass is 298 g/mol. The third-order valence-corrected chi connectivity index (χ3v) is 4.45. The summed E-state index contributed by atoms with van der Waals surface area (Å²) in [4.78, 5) is 12.1. The van der Waals surface area contributed by atoms with Gasteiger partial charge in [0.05, 0.1) is 12.8 Å². The number of nitrogens with one attached hydrogen (secondary N) is 1. The standard InChI is InChI=1S/C14H22N2O3S/c1-10(2)16(20(5,18)19)9-13(17)15-14-11(3)7-6-8-12(14)4/h6-8,10H,9H2,1-5H3,(H,15,17). The van der Waals surface area contributed by atoms with Crippen molar-refractivity contribution in [3.8, 4) is 0 Å². The SMILES string of the molecule is Cc1cccc(C)c1NC(=O)CN(C(C)C)S(C)(=O)=O. The second-order valence-electron chi connectivity index (χ2n) is 5.22. The molecule has 6 heteroatoms. The fraction of sp³-hybridized carbons (Fsp3) is 0.500. The minimum atomic E-state index is -3.40. The number of hydrogen-bond donors (Lipinski definition) is 1. The summed E-state index contributed by atoms with van der Waals surface area (Å²) < 4.78 is 24.5. The number of nitrogens with zero attached hydrogens (tertiary/aromatic N) is 1. The van der Waals surface area contributed by atoms with Gasteiger partial charge in [-0.05, 0) is 38.8 Å². The second kappa shape index (κ2) is 6.37. The number of carbonyl (C=O) groups excluding carboxylic acids is 1. The number of amides is 1. The van der Waals surface area contributed by atoms with Crippen molar-refractivity contribution in [2.75, 3.05) is 18.1 Å². The number of aryl methyl sites for hydroxylation is 2. The largest absolute Gasteiger partial charge is 0.324 e. The van der Waals surface area contributed by atoms with Crippen molar-refractivity contribution < 1.29 is 13.2 Å². The molecule has 0 aromatic heterocycles. The average Bonchev–Trinajstić information content (AvgIpc) is 2.29. The molecular weight excluding hydrogens is 276 g/mol. The lowest BCUT2D eigenvalue weighted by Gasteiger charge is -2.23. The maximum Gasteiger partial charge on any atom is 0.239 e. The van der Waals surface area contributed by atoms with E-state index in [1.165, 1.54) is 4.31 Å². The molecular formula is C14H22N2O3S. The summed E-state index contributed by atoms with van der Waals surface area (Å²) in [5.41, 5.74) is 2.65. The van der Waals surface area contributed by atoms with E-state index in [4.69, 9.17) is 0 Å². The van der Waals surface area contributed by atoms with E-state index in [9.17, 15) is 13.2 Å². The summed E-state index contributed by atoms with van der Waals surface area (Å²) >= 11 is 0. The first-order valence-corrected chi connectivity index (χ1v) is 8.30. The lowest BCUT2D eigenvalue weighted by molar-refractivity contribution is -0.116. The van der Waals surface area contributed by atoms with Gasteiger partial charge in [0.1, 0.15) is 0 Å². The van der Waals surface area contributed by atoms with Crippen LogP contribution < -0.4 is 5.32 Å². The van der Waals surface area contributed by atoms with Crippen molar-refractivity contribution in [1.29, 1.82) is 0 Å². The first-order valence-electron chi connectivity index (χ1n) is 6.45. The molecule has 0 aliphatic rings. The molecule has 20 heavy (non-hydrogen) atoms. The van der Waals surface area contributed by atoms with E-state index in [-0.39, 0.29) is 18.5 Å². The summed E-state index contributed by atoms with van der Waals surface area (Å²) in [6.07, 6.45) is 1.11. The van der Waals surface area contributed by atoms with Gasteiger partial charge in [0, 0.05) is 11.7 Å². The topological polar surface area (TPSA) is 66.5 Å². The molecule has 0 spiro atoms. The molecule has 1 amide bonds. The molecule has 1 aromatic rings. The highest BCUT2D eigenvalue weighted by Gasteiger charge is 2.23. The minimum Gasteiger partial charge on any atom is -0.324 e. The number of carbonyl (C=O) groups is 1. The van der Waals surface area contributed by atoms with Crippen molar-refractivity contribution in [1.82, 2.24) is 4.31 Å². The van der Waals surface area contributed by atoms with E-state index >= 15 is 0 Å². The molecule has 112 valence electrons. The van der Waals surface area contributed by atoms with Crippen molar-refractivity contribution in [3.63, 3.8) is 0 Å². The lowest BCUT2D eigenvalue weighted by Crippen LogP contribution is -2.41. The normalized spacial score (nSPS) is 11.9. The summed E-state index contributed by atoms with van der Waals surface area (Å²) in [5.74, 6) is -0.332. The van der Waals surface area contributed by atoms with E-state index < -0.39 is 10.0 Å². The summed E-state index contributed by atoms with van der Waals surface area (Å²) in [5, 5.41) is 2.79. The van der Waals surface area contributed by atoms with Gasteiger partial charge >= 0.3 is 0 Å². The van der Waals surface area contributed by atoms with Gasteiger partial charge in [0.15, 0.2) is 0 Å². The minimum absolute atomic E-state index is 0.176. The van der Waals surface area contributed by atoms with Crippen LogP contribution in [-0.4, -0.2) is 37.5 Å². The van der Waals surface area contributed by atoms with Gasteiger partial charge < -0.3 is 5.32 Å². The van der Waals surface area contributed by atoms with Crippen LogP contribution in [0.1, 0.15) is 25.0 Å². The van der Waals surface area contributed by atoms with Gasteiger partial charge in [0.2, 0.25) is 15.9 Å². The summed E-state index contributed by atoms with van der Waals surface area (Å²) in [7, 11) is -3.40. The van der Waals surface area contributed by atoms with Gasteiger partial charge in [0.25, 0.3) is 0 Å². The molecule has 0 aliphatic heterocycles. The van der Waals surface area contributed by atoms with Crippen molar-refractivity contribution in [2.24, 2.45) is 0 Å². The Labute approximate surface area is 121 Å². The molecule has 0 unspecified atom stereocenters. The quantitative estimate of drug-likeness (QED) is 0.903. The van der Waals surface area contributed by atoms with Gasteiger partial charge in [-0.25, -0.2) is 8.42 Å². The number of hydrogen-bond acceptors (Lipinski definition) is 3. The van der Waals surface area contributed by atoms with Crippen molar-refractivity contribution >= 4 is 21.6 Å². The van der Waals surface area contributed by atoms with Crippen LogP contribution in [0.5, 0.6) is 0 Å². The zero-order valence-corrected chi connectivity index (χ0v) is 13.4. The number of anilines is 1. The lowest BCUT2D eigenvalue weighted by atomic mass is 10.1. The van der Waals surface area contributed by atoms with E-state index in [0.717, 1.165) is 23.1 Å². The molecule has 5 nitrogen and oxygen atoms in total. The Balaban J connectivity index is 2.87. The highest BCUT2D eigenvalue weighted by molar-refractivity contribution is 7.88. The first-order chi connectivity index (χ1) is 9.12. The van der Waals surface area contributed by atoms with Crippen LogP contribution in [0.15, 0.2) is 18.2 Å². The third-order valence-electron chi connectivity index (χ3n) is 3.05. The Kier molecular flexibility index (Phi) is 5.30. The number of para-hydroxylation sites is 1. The number of benzene rings is 1. The van der Waals surface area contributed by atoms with Crippen LogP contribution in [0.2, 0.25) is 0 Å². The van der Waals surface area contributed by atoms with Gasteiger partial charge in [-0.15, -0.1) is 0 Å².